The molecule has 0 aliphatic carbocycles. The van der Waals surface area contributed by atoms with E-state index in [9.17, 15) is 4.79 Å². The van der Waals surface area contributed by atoms with E-state index in [2.05, 4.69) is 12.2 Å². The fourth-order valence-electron chi connectivity index (χ4n) is 2.36. The van der Waals surface area contributed by atoms with Gasteiger partial charge >= 0.3 is 6.03 Å². The van der Waals surface area contributed by atoms with Gasteiger partial charge in [-0.3, -0.25) is 0 Å². The predicted molar refractivity (Wildman–Crippen MR) is 89.0 cm³/mol. The van der Waals surface area contributed by atoms with E-state index < -0.39 is 0 Å². The lowest BCUT2D eigenvalue weighted by atomic mass is 10.1. The molecule has 1 aromatic carbocycles. The van der Waals surface area contributed by atoms with Gasteiger partial charge in [0.2, 0.25) is 0 Å². The molecule has 0 bridgehead atoms. The minimum atomic E-state index is -0.00373. The van der Waals surface area contributed by atoms with E-state index in [1.165, 1.54) is 0 Å². The topological polar surface area (TPSA) is 41.6 Å². The molecule has 1 aliphatic heterocycles. The Kier molecular flexibility index (Phi) is 5.94. The zero-order valence-electron chi connectivity index (χ0n) is 13.0. The second kappa shape index (κ2) is 7.71. The molecule has 0 saturated carbocycles. The van der Waals surface area contributed by atoms with Crippen LogP contribution in [-0.4, -0.2) is 42.1 Å². The second-order valence-electron chi connectivity index (χ2n) is 5.28. The van der Waals surface area contributed by atoms with Crippen LogP contribution in [0, 0.1) is 0 Å². The van der Waals surface area contributed by atoms with E-state index in [1.807, 2.05) is 47.9 Å². The van der Waals surface area contributed by atoms with E-state index in [0.717, 1.165) is 36.5 Å². The third-order valence-corrected chi connectivity index (χ3v) is 5.21. The number of carbonyl (C=O) groups excluding carboxylic acids is 1. The number of hydrogen-bond acceptors (Lipinski definition) is 3. The predicted octanol–water partition coefficient (Wildman–Crippen LogP) is 3.75. The lowest BCUT2D eigenvalue weighted by molar-refractivity contribution is 0.119. The Bertz CT molecular complexity index is 481. The maximum absolute atomic E-state index is 12.4. The summed E-state index contributed by atoms with van der Waals surface area (Å²) in [5.41, 5.74) is 1.89. The first kappa shape index (κ1) is 16.2. The first-order chi connectivity index (χ1) is 10.1. The van der Waals surface area contributed by atoms with Gasteiger partial charge in [-0.25, -0.2) is 4.79 Å². The minimum Gasteiger partial charge on any atom is -0.377 e. The van der Waals surface area contributed by atoms with Crippen LogP contribution in [0.15, 0.2) is 24.3 Å². The van der Waals surface area contributed by atoms with Gasteiger partial charge in [-0.15, -0.1) is 0 Å². The molecule has 1 aromatic rings. The van der Waals surface area contributed by atoms with Gasteiger partial charge in [-0.2, -0.15) is 11.8 Å². The second-order valence-corrected chi connectivity index (χ2v) is 6.69. The molecule has 0 aromatic heterocycles. The van der Waals surface area contributed by atoms with Gasteiger partial charge < -0.3 is 15.0 Å². The van der Waals surface area contributed by atoms with Crippen LogP contribution >= 0.6 is 11.8 Å². The van der Waals surface area contributed by atoms with Crippen molar-refractivity contribution in [3.05, 3.63) is 29.8 Å². The Balaban J connectivity index is 1.99. The summed E-state index contributed by atoms with van der Waals surface area (Å²) in [7, 11) is 1.69. The summed E-state index contributed by atoms with van der Waals surface area (Å²) in [6, 6.07) is 7.84. The molecular formula is C16H24N2O2S. The van der Waals surface area contributed by atoms with Crippen molar-refractivity contribution in [1.82, 2.24) is 4.90 Å². The summed E-state index contributed by atoms with van der Waals surface area (Å²) < 4.78 is 5.32. The van der Waals surface area contributed by atoms with E-state index in [-0.39, 0.29) is 12.1 Å². The number of benzene rings is 1. The van der Waals surface area contributed by atoms with Crippen molar-refractivity contribution in [3.63, 3.8) is 0 Å². The van der Waals surface area contributed by atoms with E-state index in [4.69, 9.17) is 4.74 Å². The molecule has 1 aliphatic rings. The highest BCUT2D eigenvalue weighted by atomic mass is 32.2. The van der Waals surface area contributed by atoms with Crippen LogP contribution in [0.25, 0.3) is 0 Å². The van der Waals surface area contributed by atoms with E-state index in [1.54, 1.807) is 7.11 Å². The Hall–Kier alpha value is -1.20. The maximum Gasteiger partial charge on any atom is 0.321 e. The number of methoxy groups -OCH3 is 1. The number of carbonyl (C=O) groups is 1. The SMILES string of the molecule is CC[C@@H]1CN(C(=O)Nc2cccc([C@@H](C)OC)c2)CCS1. The van der Waals surface area contributed by atoms with Gasteiger partial charge in [0.15, 0.2) is 0 Å². The first-order valence-corrected chi connectivity index (χ1v) is 8.49. The number of amides is 2. The molecule has 1 fully saturated rings. The van der Waals surface area contributed by atoms with Gasteiger partial charge in [-0.05, 0) is 31.0 Å². The fourth-order valence-corrected chi connectivity index (χ4v) is 3.54. The molecule has 1 saturated heterocycles. The number of urea groups is 1. The molecular weight excluding hydrogens is 284 g/mol. The van der Waals surface area contributed by atoms with E-state index >= 15 is 0 Å². The normalized spacial score (nSPS) is 20.1. The summed E-state index contributed by atoms with van der Waals surface area (Å²) >= 11 is 1.96. The number of ether oxygens (including phenoxy) is 1. The number of anilines is 1. The molecule has 2 amide bonds. The summed E-state index contributed by atoms with van der Waals surface area (Å²) in [5.74, 6) is 1.02. The molecule has 2 rings (SSSR count). The fraction of sp³-hybridized carbons (Fsp3) is 0.562. The summed E-state index contributed by atoms with van der Waals surface area (Å²) in [6.45, 7) is 5.83. The highest BCUT2D eigenvalue weighted by molar-refractivity contribution is 8.00. The largest absolute Gasteiger partial charge is 0.377 e. The number of rotatable bonds is 4. The molecule has 1 N–H and O–H groups in total. The highest BCUT2D eigenvalue weighted by Gasteiger charge is 2.23. The molecule has 21 heavy (non-hydrogen) atoms. The van der Waals surface area contributed by atoms with Crippen LogP contribution in [0.1, 0.15) is 31.9 Å². The highest BCUT2D eigenvalue weighted by Crippen LogP contribution is 2.23. The zero-order chi connectivity index (χ0) is 15.2. The van der Waals surface area contributed by atoms with Crippen LogP contribution < -0.4 is 5.32 Å². The van der Waals surface area contributed by atoms with Crippen molar-refractivity contribution in [3.8, 4) is 0 Å². The molecule has 116 valence electrons. The smallest absolute Gasteiger partial charge is 0.321 e. The van der Waals surface area contributed by atoms with Crippen molar-refractivity contribution in [2.75, 3.05) is 31.3 Å². The molecule has 0 radical (unpaired) electrons. The summed E-state index contributed by atoms with van der Waals surface area (Å²) in [6.07, 6.45) is 1.13. The molecule has 0 spiro atoms. The lowest BCUT2D eigenvalue weighted by Gasteiger charge is -2.32. The van der Waals surface area contributed by atoms with E-state index in [0.29, 0.717) is 5.25 Å². The minimum absolute atomic E-state index is 0.00373. The third kappa shape index (κ3) is 4.38. The number of hydrogen-bond donors (Lipinski definition) is 1. The average molecular weight is 308 g/mol. The number of thioether (sulfide) groups is 1. The molecule has 2 atom stereocenters. The van der Waals surface area contributed by atoms with Gasteiger partial charge in [0.25, 0.3) is 0 Å². The molecule has 1 heterocycles. The van der Waals surface area contributed by atoms with Crippen LogP contribution in [0.5, 0.6) is 0 Å². The van der Waals surface area contributed by atoms with Crippen molar-refractivity contribution in [2.45, 2.75) is 31.6 Å². The lowest BCUT2D eigenvalue weighted by Crippen LogP contribution is -2.43. The van der Waals surface area contributed by atoms with Crippen LogP contribution in [0.3, 0.4) is 0 Å². The quantitative estimate of drug-likeness (QED) is 0.921. The van der Waals surface area contributed by atoms with Gasteiger partial charge in [0.1, 0.15) is 0 Å². The van der Waals surface area contributed by atoms with Crippen molar-refractivity contribution in [1.29, 1.82) is 0 Å². The van der Waals surface area contributed by atoms with Gasteiger partial charge in [0, 0.05) is 36.9 Å². The number of nitrogens with one attached hydrogen (secondary N) is 1. The van der Waals surface area contributed by atoms with Crippen molar-refractivity contribution in [2.24, 2.45) is 0 Å². The average Bonchev–Trinajstić information content (AvgIpc) is 2.54. The molecule has 0 unspecified atom stereocenters. The van der Waals surface area contributed by atoms with Gasteiger partial charge in [0.05, 0.1) is 6.10 Å². The molecule has 4 nitrogen and oxygen atoms in total. The Morgan fingerprint density at radius 1 is 1.57 bits per heavy atom. The summed E-state index contributed by atoms with van der Waals surface area (Å²) in [5, 5.41) is 3.56. The Morgan fingerprint density at radius 3 is 3.10 bits per heavy atom. The third-order valence-electron chi connectivity index (χ3n) is 3.84. The van der Waals surface area contributed by atoms with Crippen LogP contribution in [0.2, 0.25) is 0 Å². The Morgan fingerprint density at radius 2 is 2.38 bits per heavy atom. The zero-order valence-corrected chi connectivity index (χ0v) is 13.8. The standard InChI is InChI=1S/C16H24N2O2S/c1-4-15-11-18(8-9-21-15)16(19)17-14-7-5-6-13(10-14)12(2)20-3/h5-7,10,12,15H,4,8-9,11H2,1-3H3,(H,17,19)/t12-,15-/m1/s1. The number of nitrogens with zero attached hydrogens (tertiary/aromatic N) is 1. The van der Waals surface area contributed by atoms with Crippen molar-refractivity contribution >= 4 is 23.5 Å². The van der Waals surface area contributed by atoms with Crippen LogP contribution in [0.4, 0.5) is 10.5 Å². The monoisotopic (exact) mass is 308 g/mol. The first-order valence-electron chi connectivity index (χ1n) is 7.44. The summed E-state index contributed by atoms with van der Waals surface area (Å²) in [4.78, 5) is 14.3. The van der Waals surface area contributed by atoms with Crippen LogP contribution in [-0.2, 0) is 4.74 Å². The maximum atomic E-state index is 12.4. The van der Waals surface area contributed by atoms with Gasteiger partial charge in [-0.1, -0.05) is 19.1 Å². The van der Waals surface area contributed by atoms with Crippen molar-refractivity contribution < 1.29 is 9.53 Å². The Labute approximate surface area is 131 Å². The molecule has 5 heteroatoms.